The summed E-state index contributed by atoms with van der Waals surface area (Å²) in [6, 6.07) is 14.1. The molecule has 0 atom stereocenters. The zero-order chi connectivity index (χ0) is 21.4. The molecule has 0 radical (unpaired) electrons. The van der Waals surface area contributed by atoms with Crippen molar-refractivity contribution in [3.63, 3.8) is 0 Å². The fourth-order valence-corrected chi connectivity index (χ4v) is 4.31. The van der Waals surface area contributed by atoms with E-state index < -0.39 is 16.1 Å². The summed E-state index contributed by atoms with van der Waals surface area (Å²) >= 11 is 9.98. The number of halogens is 2. The van der Waals surface area contributed by atoms with Gasteiger partial charge in [0.15, 0.2) is 0 Å². The minimum Gasteiger partial charge on any atom is -0.457 e. The lowest BCUT2D eigenvalue weighted by atomic mass is 10.1. The molecule has 150 valence electrons. The molecule has 2 heterocycles. The topological polar surface area (TPSA) is 93.7 Å². The number of furan rings is 1. The molecule has 1 fully saturated rings. The third-order valence-corrected chi connectivity index (χ3v) is 5.99. The normalized spacial score (nSPS) is 15.3. The number of rotatable bonds is 4. The summed E-state index contributed by atoms with van der Waals surface area (Å²) in [6.45, 7) is 0. The summed E-state index contributed by atoms with van der Waals surface area (Å²) in [5.74, 6) is 0.374. The minimum absolute atomic E-state index is 0.0479. The van der Waals surface area contributed by atoms with Crippen molar-refractivity contribution in [1.82, 2.24) is 0 Å². The second-order valence-corrected chi connectivity index (χ2v) is 8.40. The number of anilines is 1. The summed E-state index contributed by atoms with van der Waals surface area (Å²) in [7, 11) is 0. The van der Waals surface area contributed by atoms with E-state index in [4.69, 9.17) is 16.0 Å². The van der Waals surface area contributed by atoms with Crippen LogP contribution in [0.25, 0.3) is 17.4 Å². The predicted molar refractivity (Wildman–Crippen MR) is 118 cm³/mol. The molecule has 1 aromatic heterocycles. The third kappa shape index (κ3) is 3.91. The van der Waals surface area contributed by atoms with Crippen LogP contribution in [0.3, 0.4) is 0 Å². The van der Waals surface area contributed by atoms with E-state index >= 15 is 0 Å². The molecule has 7 nitrogen and oxygen atoms in total. The molecule has 30 heavy (non-hydrogen) atoms. The summed E-state index contributed by atoms with van der Waals surface area (Å²) < 4.78 is 6.26. The Bertz CT molecular complexity index is 1220. The lowest BCUT2D eigenvalue weighted by Gasteiger charge is -2.11. The molecule has 1 aliphatic heterocycles. The van der Waals surface area contributed by atoms with Crippen molar-refractivity contribution in [2.45, 2.75) is 0 Å². The quantitative estimate of drug-likeness (QED) is 0.228. The van der Waals surface area contributed by atoms with E-state index in [1.807, 2.05) is 0 Å². The lowest BCUT2D eigenvalue weighted by molar-refractivity contribution is -0.384. The van der Waals surface area contributed by atoms with Crippen molar-refractivity contribution < 1.29 is 18.9 Å². The maximum Gasteiger partial charge on any atom is 0.298 e. The molecule has 0 saturated carbocycles. The molecular formula is C20H10BrClN2O5S. The van der Waals surface area contributed by atoms with Crippen LogP contribution in [0, 0.1) is 10.1 Å². The molecule has 1 aliphatic rings. The van der Waals surface area contributed by atoms with Crippen LogP contribution in [0.5, 0.6) is 0 Å². The van der Waals surface area contributed by atoms with Gasteiger partial charge in [-0.05, 0) is 70.2 Å². The van der Waals surface area contributed by atoms with Gasteiger partial charge in [-0.1, -0.05) is 11.6 Å². The van der Waals surface area contributed by atoms with Gasteiger partial charge in [0.2, 0.25) is 0 Å². The number of imide groups is 1. The Labute approximate surface area is 187 Å². The Kier molecular flexibility index (Phi) is 5.50. The van der Waals surface area contributed by atoms with E-state index in [1.165, 1.54) is 18.2 Å². The molecule has 2 aromatic carbocycles. The van der Waals surface area contributed by atoms with Crippen molar-refractivity contribution in [3.05, 3.63) is 84.9 Å². The van der Waals surface area contributed by atoms with Gasteiger partial charge in [0.25, 0.3) is 16.8 Å². The first kappa shape index (κ1) is 20.4. The fourth-order valence-electron chi connectivity index (χ4n) is 2.80. The fraction of sp³-hybridized carbons (Fsp3) is 0. The summed E-state index contributed by atoms with van der Waals surface area (Å²) in [6.07, 6.45) is 1.49. The smallest absolute Gasteiger partial charge is 0.298 e. The Morgan fingerprint density at radius 1 is 1.10 bits per heavy atom. The van der Waals surface area contributed by atoms with Crippen molar-refractivity contribution >= 4 is 67.9 Å². The van der Waals surface area contributed by atoms with Crippen LogP contribution < -0.4 is 4.90 Å². The second kappa shape index (κ2) is 8.10. The number of nitro benzene ring substituents is 1. The van der Waals surface area contributed by atoms with Gasteiger partial charge in [0.05, 0.1) is 15.5 Å². The number of non-ortho nitro benzene ring substituents is 1. The van der Waals surface area contributed by atoms with E-state index in [2.05, 4.69) is 15.9 Å². The van der Waals surface area contributed by atoms with E-state index in [0.717, 1.165) is 16.7 Å². The Morgan fingerprint density at radius 2 is 1.83 bits per heavy atom. The summed E-state index contributed by atoms with van der Waals surface area (Å²) in [5, 5.41) is 11.0. The summed E-state index contributed by atoms with van der Waals surface area (Å²) in [4.78, 5) is 36.7. The monoisotopic (exact) mass is 504 g/mol. The highest BCUT2D eigenvalue weighted by Crippen LogP contribution is 2.37. The highest BCUT2D eigenvalue weighted by atomic mass is 79.9. The maximum atomic E-state index is 12.7. The van der Waals surface area contributed by atoms with Gasteiger partial charge in [-0.15, -0.1) is 0 Å². The molecular weight excluding hydrogens is 496 g/mol. The Morgan fingerprint density at radius 3 is 2.50 bits per heavy atom. The largest absolute Gasteiger partial charge is 0.457 e. The first-order valence-electron chi connectivity index (χ1n) is 8.41. The van der Waals surface area contributed by atoms with E-state index in [0.29, 0.717) is 32.3 Å². The van der Waals surface area contributed by atoms with Gasteiger partial charge in [-0.2, -0.15) is 0 Å². The van der Waals surface area contributed by atoms with Crippen LogP contribution >= 0.6 is 39.3 Å². The van der Waals surface area contributed by atoms with Crippen molar-refractivity contribution in [2.24, 2.45) is 0 Å². The number of carbonyl (C=O) groups is 2. The highest BCUT2D eigenvalue weighted by Gasteiger charge is 2.36. The van der Waals surface area contributed by atoms with E-state index in [9.17, 15) is 19.7 Å². The lowest BCUT2D eigenvalue weighted by Crippen LogP contribution is -2.27. The second-order valence-electron chi connectivity index (χ2n) is 6.12. The van der Waals surface area contributed by atoms with Crippen LogP contribution in [0.4, 0.5) is 16.2 Å². The van der Waals surface area contributed by atoms with Gasteiger partial charge < -0.3 is 4.42 Å². The minimum atomic E-state index is -0.487. The van der Waals surface area contributed by atoms with Gasteiger partial charge in [0.1, 0.15) is 11.5 Å². The van der Waals surface area contributed by atoms with Gasteiger partial charge in [-0.25, -0.2) is 4.90 Å². The number of hydrogen-bond acceptors (Lipinski definition) is 6. The number of amides is 2. The average Bonchev–Trinajstić information content (AvgIpc) is 3.27. The SMILES string of the molecule is O=C1S/C(=C\c2ccc(-c3ccc([N+](=O)[O-])cc3Br)o2)C(=O)N1c1ccc(Cl)cc1. The zero-order valence-corrected chi connectivity index (χ0v) is 18.0. The van der Waals surface area contributed by atoms with Crippen LogP contribution in [0.15, 0.2) is 68.4 Å². The molecule has 4 rings (SSSR count). The Hall–Kier alpha value is -2.88. The molecule has 0 unspecified atom stereocenters. The number of nitrogens with zero attached hydrogens (tertiary/aromatic N) is 2. The van der Waals surface area contributed by atoms with Crippen molar-refractivity contribution in [3.8, 4) is 11.3 Å². The number of hydrogen-bond donors (Lipinski definition) is 0. The molecule has 0 N–H and O–H groups in total. The first-order valence-corrected chi connectivity index (χ1v) is 10.4. The molecule has 0 spiro atoms. The highest BCUT2D eigenvalue weighted by molar-refractivity contribution is 9.10. The number of thioether (sulfide) groups is 1. The average molecular weight is 506 g/mol. The predicted octanol–water partition coefficient (Wildman–Crippen LogP) is 6.51. The third-order valence-electron chi connectivity index (χ3n) is 4.21. The molecule has 10 heteroatoms. The molecule has 1 saturated heterocycles. The molecule has 3 aromatic rings. The molecule has 0 bridgehead atoms. The van der Waals surface area contributed by atoms with Gasteiger partial charge in [-0.3, -0.25) is 19.7 Å². The van der Waals surface area contributed by atoms with Gasteiger partial charge in [0, 0.05) is 33.3 Å². The molecule has 0 aliphatic carbocycles. The summed E-state index contributed by atoms with van der Waals surface area (Å²) in [5.41, 5.74) is 1.00. The van der Waals surface area contributed by atoms with E-state index in [1.54, 1.807) is 42.5 Å². The Balaban J connectivity index is 1.60. The zero-order valence-electron chi connectivity index (χ0n) is 14.9. The number of benzene rings is 2. The van der Waals surface area contributed by atoms with Crippen LogP contribution in [-0.4, -0.2) is 16.1 Å². The van der Waals surface area contributed by atoms with Gasteiger partial charge >= 0.3 is 0 Å². The number of nitro groups is 1. The van der Waals surface area contributed by atoms with Crippen LogP contribution in [-0.2, 0) is 4.79 Å². The van der Waals surface area contributed by atoms with Crippen molar-refractivity contribution in [2.75, 3.05) is 4.90 Å². The van der Waals surface area contributed by atoms with Crippen LogP contribution in [0.2, 0.25) is 5.02 Å². The standard InChI is InChI=1S/C20H10BrClN2O5S/c21-16-9-13(24(27)28)5-7-15(16)17-8-6-14(29-17)10-18-19(25)23(20(26)30-18)12-3-1-11(22)2-4-12/h1-10H/b18-10-. The van der Waals surface area contributed by atoms with E-state index in [-0.39, 0.29) is 10.6 Å². The maximum absolute atomic E-state index is 12.7. The van der Waals surface area contributed by atoms with Crippen LogP contribution in [0.1, 0.15) is 5.76 Å². The molecule has 2 amide bonds. The van der Waals surface area contributed by atoms with Crippen molar-refractivity contribution in [1.29, 1.82) is 0 Å². The number of carbonyl (C=O) groups excluding carboxylic acids is 2. The first-order chi connectivity index (χ1) is 14.3.